The summed E-state index contributed by atoms with van der Waals surface area (Å²) in [6.07, 6.45) is 0. The number of benzene rings is 2. The SMILES string of the molecule is CN(C)Cc1cc(SCc2ccccc2)ccc1F. The van der Waals surface area contributed by atoms with Gasteiger partial charge in [-0.1, -0.05) is 30.3 Å². The molecule has 0 aromatic heterocycles. The molecule has 0 aliphatic rings. The fourth-order valence-corrected chi connectivity index (χ4v) is 2.76. The minimum Gasteiger partial charge on any atom is -0.305 e. The van der Waals surface area contributed by atoms with Crippen molar-refractivity contribution in [3.8, 4) is 0 Å². The second-order valence-electron chi connectivity index (χ2n) is 4.77. The number of hydrogen-bond acceptors (Lipinski definition) is 2. The molecule has 19 heavy (non-hydrogen) atoms. The third-order valence-electron chi connectivity index (χ3n) is 2.75. The molecule has 1 nitrogen and oxygen atoms in total. The van der Waals surface area contributed by atoms with Crippen LogP contribution < -0.4 is 0 Å². The Balaban J connectivity index is 2.04. The lowest BCUT2D eigenvalue weighted by atomic mass is 10.2. The summed E-state index contributed by atoms with van der Waals surface area (Å²) in [5.41, 5.74) is 2.04. The number of halogens is 1. The zero-order valence-electron chi connectivity index (χ0n) is 11.3. The Bertz CT molecular complexity index is 526. The molecule has 3 heteroatoms. The van der Waals surface area contributed by atoms with Gasteiger partial charge in [0, 0.05) is 22.8 Å². The van der Waals surface area contributed by atoms with Gasteiger partial charge in [0.2, 0.25) is 0 Å². The highest BCUT2D eigenvalue weighted by atomic mass is 32.2. The third kappa shape index (κ3) is 4.37. The summed E-state index contributed by atoms with van der Waals surface area (Å²) in [6, 6.07) is 15.7. The van der Waals surface area contributed by atoms with Crippen molar-refractivity contribution in [3.63, 3.8) is 0 Å². The molecule has 0 spiro atoms. The first-order chi connectivity index (χ1) is 9.15. The summed E-state index contributed by atoms with van der Waals surface area (Å²) in [6.45, 7) is 0.631. The smallest absolute Gasteiger partial charge is 0.127 e. The molecule has 0 saturated carbocycles. The molecule has 0 aliphatic heterocycles. The van der Waals surface area contributed by atoms with Crippen LogP contribution >= 0.6 is 11.8 Å². The molecule has 2 aromatic rings. The Morgan fingerprint density at radius 1 is 1.05 bits per heavy atom. The number of thioether (sulfide) groups is 1. The fraction of sp³-hybridized carbons (Fsp3) is 0.250. The summed E-state index contributed by atoms with van der Waals surface area (Å²) in [4.78, 5) is 3.09. The van der Waals surface area contributed by atoms with Crippen molar-refractivity contribution >= 4 is 11.8 Å². The quantitative estimate of drug-likeness (QED) is 0.753. The Hall–Kier alpha value is -1.32. The van der Waals surface area contributed by atoms with Crippen molar-refractivity contribution in [3.05, 3.63) is 65.5 Å². The molecular weight excluding hydrogens is 257 g/mol. The second-order valence-corrected chi connectivity index (χ2v) is 5.81. The second kappa shape index (κ2) is 6.73. The lowest BCUT2D eigenvalue weighted by molar-refractivity contribution is 0.392. The zero-order valence-corrected chi connectivity index (χ0v) is 12.1. The maximum absolute atomic E-state index is 13.7. The molecule has 2 aromatic carbocycles. The predicted molar refractivity (Wildman–Crippen MR) is 79.8 cm³/mol. The van der Waals surface area contributed by atoms with E-state index in [0.717, 1.165) is 16.2 Å². The minimum atomic E-state index is -0.127. The van der Waals surface area contributed by atoms with Crippen LogP contribution in [-0.4, -0.2) is 19.0 Å². The van der Waals surface area contributed by atoms with Crippen LogP contribution in [0.3, 0.4) is 0 Å². The van der Waals surface area contributed by atoms with Crippen molar-refractivity contribution < 1.29 is 4.39 Å². The molecular formula is C16H18FNS. The normalized spacial score (nSPS) is 10.9. The Kier molecular flexibility index (Phi) is 5.00. The highest BCUT2D eigenvalue weighted by molar-refractivity contribution is 7.98. The maximum Gasteiger partial charge on any atom is 0.127 e. The Morgan fingerprint density at radius 3 is 2.47 bits per heavy atom. The molecule has 0 amide bonds. The highest BCUT2D eigenvalue weighted by Crippen LogP contribution is 2.25. The van der Waals surface area contributed by atoms with E-state index in [1.165, 1.54) is 5.56 Å². The first-order valence-electron chi connectivity index (χ1n) is 6.25. The van der Waals surface area contributed by atoms with E-state index < -0.39 is 0 Å². The molecule has 100 valence electrons. The highest BCUT2D eigenvalue weighted by Gasteiger charge is 2.05. The van der Waals surface area contributed by atoms with Gasteiger partial charge in [0.15, 0.2) is 0 Å². The molecule has 0 bridgehead atoms. The summed E-state index contributed by atoms with van der Waals surface area (Å²) >= 11 is 1.74. The average molecular weight is 275 g/mol. The van der Waals surface area contributed by atoms with Gasteiger partial charge in [-0.05, 0) is 37.9 Å². The topological polar surface area (TPSA) is 3.24 Å². The largest absolute Gasteiger partial charge is 0.305 e. The predicted octanol–water partition coefficient (Wildman–Crippen LogP) is 4.18. The van der Waals surface area contributed by atoms with Gasteiger partial charge < -0.3 is 4.90 Å². The number of nitrogens with zero attached hydrogens (tertiary/aromatic N) is 1. The van der Waals surface area contributed by atoms with E-state index in [1.807, 2.05) is 49.3 Å². The van der Waals surface area contributed by atoms with Crippen LogP contribution in [0, 0.1) is 5.82 Å². The van der Waals surface area contributed by atoms with Crippen LogP contribution in [-0.2, 0) is 12.3 Å². The molecule has 0 unspecified atom stereocenters. The lowest BCUT2D eigenvalue weighted by Gasteiger charge is -2.12. The van der Waals surface area contributed by atoms with Gasteiger partial charge in [0.25, 0.3) is 0 Å². The fourth-order valence-electron chi connectivity index (χ4n) is 1.84. The van der Waals surface area contributed by atoms with E-state index in [1.54, 1.807) is 17.8 Å². The number of rotatable bonds is 5. The van der Waals surface area contributed by atoms with Crippen molar-refractivity contribution in [2.75, 3.05) is 14.1 Å². The van der Waals surface area contributed by atoms with Crippen molar-refractivity contribution in [2.45, 2.75) is 17.2 Å². The van der Waals surface area contributed by atoms with Crippen LogP contribution in [0.4, 0.5) is 4.39 Å². The van der Waals surface area contributed by atoms with Gasteiger partial charge in [-0.2, -0.15) is 0 Å². The van der Waals surface area contributed by atoms with Crippen LogP contribution in [0.25, 0.3) is 0 Å². The van der Waals surface area contributed by atoms with Gasteiger partial charge in [-0.15, -0.1) is 11.8 Å². The summed E-state index contributed by atoms with van der Waals surface area (Å²) < 4.78 is 13.7. The van der Waals surface area contributed by atoms with E-state index in [4.69, 9.17) is 0 Å². The first kappa shape index (κ1) is 14.1. The Labute approximate surface area is 118 Å². The molecule has 0 radical (unpaired) electrons. The number of hydrogen-bond donors (Lipinski definition) is 0. The maximum atomic E-state index is 13.7. The van der Waals surface area contributed by atoms with Crippen LogP contribution in [0.5, 0.6) is 0 Å². The van der Waals surface area contributed by atoms with Crippen molar-refractivity contribution in [1.29, 1.82) is 0 Å². The first-order valence-corrected chi connectivity index (χ1v) is 7.23. The monoisotopic (exact) mass is 275 g/mol. The summed E-state index contributed by atoms with van der Waals surface area (Å²) in [5, 5.41) is 0. The van der Waals surface area contributed by atoms with Crippen LogP contribution in [0.2, 0.25) is 0 Å². The zero-order chi connectivity index (χ0) is 13.7. The van der Waals surface area contributed by atoms with Gasteiger partial charge >= 0.3 is 0 Å². The molecule has 2 rings (SSSR count). The van der Waals surface area contributed by atoms with Gasteiger partial charge in [0.05, 0.1) is 0 Å². The summed E-state index contributed by atoms with van der Waals surface area (Å²) in [7, 11) is 3.90. The third-order valence-corrected chi connectivity index (χ3v) is 3.82. The molecule has 0 N–H and O–H groups in total. The molecule has 0 saturated heterocycles. The van der Waals surface area contributed by atoms with E-state index in [9.17, 15) is 4.39 Å². The minimum absolute atomic E-state index is 0.127. The molecule has 0 fully saturated rings. The standard InChI is InChI=1S/C16H18FNS/c1-18(2)11-14-10-15(8-9-16(14)17)19-12-13-6-4-3-5-7-13/h3-10H,11-12H2,1-2H3. The van der Waals surface area contributed by atoms with Gasteiger partial charge in [0.1, 0.15) is 5.82 Å². The van der Waals surface area contributed by atoms with E-state index >= 15 is 0 Å². The molecule has 0 heterocycles. The van der Waals surface area contributed by atoms with Gasteiger partial charge in [-0.25, -0.2) is 4.39 Å². The van der Waals surface area contributed by atoms with Crippen LogP contribution in [0.15, 0.2) is 53.4 Å². The van der Waals surface area contributed by atoms with Crippen molar-refractivity contribution in [2.24, 2.45) is 0 Å². The summed E-state index contributed by atoms with van der Waals surface area (Å²) in [5.74, 6) is 0.784. The van der Waals surface area contributed by atoms with E-state index in [0.29, 0.717) is 6.54 Å². The van der Waals surface area contributed by atoms with Crippen LogP contribution in [0.1, 0.15) is 11.1 Å². The van der Waals surface area contributed by atoms with E-state index in [2.05, 4.69) is 12.1 Å². The molecule has 0 atom stereocenters. The Morgan fingerprint density at radius 2 is 1.79 bits per heavy atom. The van der Waals surface area contributed by atoms with Gasteiger partial charge in [-0.3, -0.25) is 0 Å². The lowest BCUT2D eigenvalue weighted by Crippen LogP contribution is -2.11. The molecule has 0 aliphatic carbocycles. The van der Waals surface area contributed by atoms with E-state index in [-0.39, 0.29) is 5.82 Å². The van der Waals surface area contributed by atoms with Crippen molar-refractivity contribution in [1.82, 2.24) is 4.90 Å². The average Bonchev–Trinajstić information content (AvgIpc) is 2.40.